The van der Waals surface area contributed by atoms with Crippen molar-refractivity contribution in [3.8, 4) is 0 Å². The fourth-order valence-corrected chi connectivity index (χ4v) is 4.29. The Morgan fingerprint density at radius 2 is 1.67 bits per heavy atom. The quantitative estimate of drug-likeness (QED) is 0.564. The van der Waals surface area contributed by atoms with Gasteiger partial charge < -0.3 is 16.0 Å². The minimum absolute atomic E-state index is 0.0466. The minimum Gasteiger partial charge on any atom is -0.366 e. The average Bonchev–Trinajstić information content (AvgIpc) is 3.57. The van der Waals surface area contributed by atoms with Crippen LogP contribution in [-0.2, 0) is 11.2 Å². The van der Waals surface area contributed by atoms with Crippen molar-refractivity contribution in [1.82, 2.24) is 10.2 Å². The minimum atomic E-state index is -4.35. The van der Waals surface area contributed by atoms with Gasteiger partial charge in [-0.3, -0.25) is 9.59 Å². The maximum absolute atomic E-state index is 13.9. The highest BCUT2D eigenvalue weighted by Gasteiger charge is 2.67. The molecule has 2 amide bonds. The topological polar surface area (TPSA) is 75.4 Å². The van der Waals surface area contributed by atoms with Gasteiger partial charge in [0.1, 0.15) is 0 Å². The Morgan fingerprint density at radius 3 is 2.15 bits per heavy atom. The van der Waals surface area contributed by atoms with E-state index in [9.17, 15) is 22.8 Å². The molecule has 2 aromatic rings. The number of alkyl halides is 3. The molecule has 1 aliphatic carbocycles. The first kappa shape index (κ1) is 24.8. The molecule has 5 nitrogen and oxygen atoms in total. The summed E-state index contributed by atoms with van der Waals surface area (Å²) >= 11 is 0. The van der Waals surface area contributed by atoms with Crippen LogP contribution in [0.3, 0.4) is 0 Å². The first-order valence-corrected chi connectivity index (χ1v) is 11.0. The molecule has 0 spiro atoms. The summed E-state index contributed by atoms with van der Waals surface area (Å²) in [6.45, 7) is 0.296. The van der Waals surface area contributed by atoms with E-state index in [2.05, 4.69) is 5.32 Å². The lowest BCUT2D eigenvalue weighted by atomic mass is 9.80. The van der Waals surface area contributed by atoms with Crippen molar-refractivity contribution >= 4 is 11.8 Å². The van der Waals surface area contributed by atoms with Crippen LogP contribution in [0.4, 0.5) is 13.2 Å². The molecule has 2 aromatic carbocycles. The van der Waals surface area contributed by atoms with Crippen LogP contribution in [0, 0.1) is 5.41 Å². The summed E-state index contributed by atoms with van der Waals surface area (Å²) in [7, 11) is 3.76. The normalized spacial score (nSPS) is 16.8. The summed E-state index contributed by atoms with van der Waals surface area (Å²) in [6, 6.07) is 15.4. The van der Waals surface area contributed by atoms with Crippen molar-refractivity contribution in [1.29, 1.82) is 0 Å². The van der Waals surface area contributed by atoms with Gasteiger partial charge in [-0.1, -0.05) is 42.5 Å². The highest BCUT2D eigenvalue weighted by atomic mass is 19.4. The number of halogens is 3. The van der Waals surface area contributed by atoms with Crippen LogP contribution in [-0.4, -0.2) is 49.6 Å². The van der Waals surface area contributed by atoms with Crippen molar-refractivity contribution in [3.05, 3.63) is 71.3 Å². The molecule has 0 unspecified atom stereocenters. The molecule has 178 valence electrons. The van der Waals surface area contributed by atoms with E-state index in [-0.39, 0.29) is 25.3 Å². The van der Waals surface area contributed by atoms with Gasteiger partial charge in [0.05, 0.1) is 5.41 Å². The fraction of sp³-hybridized carbons (Fsp3) is 0.440. The van der Waals surface area contributed by atoms with E-state index >= 15 is 0 Å². The maximum Gasteiger partial charge on any atom is 0.395 e. The van der Waals surface area contributed by atoms with Crippen molar-refractivity contribution in [3.63, 3.8) is 0 Å². The van der Waals surface area contributed by atoms with Crippen LogP contribution in [0.2, 0.25) is 0 Å². The van der Waals surface area contributed by atoms with Crippen molar-refractivity contribution in [2.75, 3.05) is 20.6 Å². The maximum atomic E-state index is 13.9. The van der Waals surface area contributed by atoms with E-state index in [0.717, 1.165) is 5.56 Å². The van der Waals surface area contributed by atoms with Gasteiger partial charge in [-0.2, -0.15) is 13.2 Å². The molecule has 3 rings (SSSR count). The van der Waals surface area contributed by atoms with Crippen LogP contribution in [0.15, 0.2) is 54.6 Å². The van der Waals surface area contributed by atoms with Gasteiger partial charge in [-0.05, 0) is 56.6 Å². The van der Waals surface area contributed by atoms with Gasteiger partial charge in [-0.25, -0.2) is 0 Å². The standard InChI is InChI=1S/C25H30F3N3O2/c1-31(2)20(14-17-8-10-19(11-9-17)23(29)33)16-30-22(32)15-21(18-6-4-3-5-7-18)24(12-13-24)25(26,27)28/h3-11,20-21H,12-16H2,1-2H3,(H2,29,33)(H,30,32)/t20-,21-/m0/s1. The fourth-order valence-electron chi connectivity index (χ4n) is 4.29. The number of carbonyl (C=O) groups excluding carboxylic acids is 2. The molecule has 0 aromatic heterocycles. The molecule has 0 bridgehead atoms. The lowest BCUT2D eigenvalue weighted by Gasteiger charge is -2.30. The second kappa shape index (κ2) is 9.95. The van der Waals surface area contributed by atoms with E-state index in [0.29, 0.717) is 24.1 Å². The zero-order valence-electron chi connectivity index (χ0n) is 18.9. The summed E-state index contributed by atoms with van der Waals surface area (Å²) in [4.78, 5) is 26.0. The number of carbonyl (C=O) groups is 2. The first-order valence-electron chi connectivity index (χ1n) is 11.0. The Hall–Kier alpha value is -2.87. The molecule has 1 fully saturated rings. The summed E-state index contributed by atoms with van der Waals surface area (Å²) in [5.41, 5.74) is 5.37. The number of primary amides is 1. The van der Waals surface area contributed by atoms with Gasteiger partial charge >= 0.3 is 6.18 Å². The van der Waals surface area contributed by atoms with Crippen LogP contribution in [0.1, 0.15) is 46.7 Å². The van der Waals surface area contributed by atoms with Crippen LogP contribution < -0.4 is 11.1 Å². The molecule has 8 heteroatoms. The number of benzene rings is 2. The number of hydrogen-bond acceptors (Lipinski definition) is 3. The second-order valence-electron chi connectivity index (χ2n) is 9.01. The summed E-state index contributed by atoms with van der Waals surface area (Å²) in [6.07, 6.45) is -3.87. The van der Waals surface area contributed by atoms with Crippen molar-refractivity contribution in [2.45, 2.75) is 43.8 Å². The molecule has 1 aliphatic rings. The molecule has 0 heterocycles. The summed E-state index contributed by atoms with van der Waals surface area (Å²) < 4.78 is 41.6. The lowest BCUT2D eigenvalue weighted by Crippen LogP contribution is -2.42. The Morgan fingerprint density at radius 1 is 1.06 bits per heavy atom. The lowest BCUT2D eigenvalue weighted by molar-refractivity contribution is -0.194. The predicted molar refractivity (Wildman–Crippen MR) is 121 cm³/mol. The van der Waals surface area contributed by atoms with Gasteiger partial charge in [0, 0.05) is 30.5 Å². The van der Waals surface area contributed by atoms with Crippen LogP contribution >= 0.6 is 0 Å². The summed E-state index contributed by atoms with van der Waals surface area (Å²) in [5, 5.41) is 2.84. The van der Waals surface area contributed by atoms with E-state index in [1.165, 1.54) is 0 Å². The van der Waals surface area contributed by atoms with Crippen LogP contribution in [0.25, 0.3) is 0 Å². The molecule has 0 radical (unpaired) electrons. The molecule has 0 saturated heterocycles. The largest absolute Gasteiger partial charge is 0.395 e. The van der Waals surface area contributed by atoms with Gasteiger partial charge in [-0.15, -0.1) is 0 Å². The molecule has 1 saturated carbocycles. The number of nitrogens with two attached hydrogens (primary N) is 1. The van der Waals surface area contributed by atoms with E-state index in [1.54, 1.807) is 42.5 Å². The Balaban J connectivity index is 1.66. The highest BCUT2D eigenvalue weighted by Crippen LogP contribution is 2.66. The van der Waals surface area contributed by atoms with Gasteiger partial charge in [0.25, 0.3) is 0 Å². The predicted octanol–water partition coefficient (Wildman–Crippen LogP) is 3.89. The first-order chi connectivity index (χ1) is 15.5. The summed E-state index contributed by atoms with van der Waals surface area (Å²) in [5.74, 6) is -1.80. The Bertz CT molecular complexity index is 955. The Kier molecular flexibility index (Phi) is 7.47. The highest BCUT2D eigenvalue weighted by molar-refractivity contribution is 5.92. The Labute approximate surface area is 192 Å². The molecular weight excluding hydrogens is 431 g/mol. The van der Waals surface area contributed by atoms with Gasteiger partial charge in [0.2, 0.25) is 11.8 Å². The number of nitrogens with one attached hydrogen (secondary N) is 1. The third-order valence-corrected chi connectivity index (χ3v) is 6.59. The third kappa shape index (κ3) is 5.93. The smallest absolute Gasteiger partial charge is 0.366 e. The molecule has 0 aliphatic heterocycles. The number of likely N-dealkylation sites (N-methyl/N-ethyl adjacent to an activating group) is 1. The monoisotopic (exact) mass is 461 g/mol. The van der Waals surface area contributed by atoms with Crippen molar-refractivity contribution in [2.24, 2.45) is 11.1 Å². The van der Waals surface area contributed by atoms with E-state index in [1.807, 2.05) is 31.1 Å². The molecule has 2 atom stereocenters. The third-order valence-electron chi connectivity index (χ3n) is 6.59. The number of rotatable bonds is 10. The SMILES string of the molecule is CN(C)[C@H](CNC(=O)C[C@@H](c1ccccc1)C1(C(F)(F)F)CC1)Cc1ccc(C(N)=O)cc1. The number of hydrogen-bond donors (Lipinski definition) is 2. The van der Waals surface area contributed by atoms with Gasteiger partial charge in [0.15, 0.2) is 0 Å². The van der Waals surface area contributed by atoms with E-state index < -0.39 is 29.3 Å². The molecular formula is C25H30F3N3O2. The zero-order chi connectivity index (χ0) is 24.2. The number of amides is 2. The number of nitrogens with zero attached hydrogens (tertiary/aromatic N) is 1. The van der Waals surface area contributed by atoms with E-state index in [4.69, 9.17) is 5.73 Å². The average molecular weight is 462 g/mol. The van der Waals surface area contributed by atoms with Crippen molar-refractivity contribution < 1.29 is 22.8 Å². The zero-order valence-corrected chi connectivity index (χ0v) is 18.9. The van der Waals surface area contributed by atoms with Crippen LogP contribution in [0.5, 0.6) is 0 Å². The second-order valence-corrected chi connectivity index (χ2v) is 9.01. The molecule has 3 N–H and O–H groups in total. The molecule has 33 heavy (non-hydrogen) atoms.